The van der Waals surface area contributed by atoms with Crippen LogP contribution in [0.4, 0.5) is 0 Å². The van der Waals surface area contributed by atoms with Gasteiger partial charge in [-0.05, 0) is 18.2 Å². The fraction of sp³-hybridized carbons (Fsp3) is 0.214. The minimum Gasteiger partial charge on any atom is -0.496 e. The molecule has 4 heteroatoms. The van der Waals surface area contributed by atoms with Gasteiger partial charge in [-0.3, -0.25) is 4.98 Å². The van der Waals surface area contributed by atoms with Gasteiger partial charge in [0, 0.05) is 18.3 Å². The summed E-state index contributed by atoms with van der Waals surface area (Å²) in [6.45, 7) is 0.529. The molecule has 2 rings (SSSR count). The van der Waals surface area contributed by atoms with Crippen molar-refractivity contribution in [1.29, 1.82) is 0 Å². The van der Waals surface area contributed by atoms with Crippen molar-refractivity contribution in [2.24, 2.45) is 5.73 Å². The van der Waals surface area contributed by atoms with Gasteiger partial charge in [-0.25, -0.2) is 0 Å². The highest BCUT2D eigenvalue weighted by molar-refractivity contribution is 6.17. The van der Waals surface area contributed by atoms with Crippen LogP contribution in [0, 0.1) is 0 Å². The summed E-state index contributed by atoms with van der Waals surface area (Å²) < 4.78 is 5.05. The molecule has 96 valence electrons. The zero-order chi connectivity index (χ0) is 13.2. The van der Waals surface area contributed by atoms with Gasteiger partial charge < -0.3 is 10.5 Å². The molecule has 0 fully saturated rings. The number of ether oxygens (including phenoxy) is 1. The van der Waals surface area contributed by atoms with E-state index in [2.05, 4.69) is 4.98 Å². The molecule has 0 spiro atoms. The maximum Gasteiger partial charge on any atom is 0.123 e. The van der Waals surface area contributed by atoms with Gasteiger partial charge in [0.1, 0.15) is 5.75 Å². The van der Waals surface area contributed by atoms with Gasteiger partial charge in [0.05, 0.1) is 18.7 Å². The van der Waals surface area contributed by atoms with Crippen LogP contribution in [-0.2, 0) is 12.4 Å². The Morgan fingerprint density at radius 2 is 1.89 bits per heavy atom. The molecule has 2 N–H and O–H groups in total. The molecule has 3 nitrogen and oxygen atoms in total. The summed E-state index contributed by atoms with van der Waals surface area (Å²) in [5, 5.41) is 0. The Balaban J connectivity index is 0.000000184. The van der Waals surface area contributed by atoms with E-state index in [4.69, 9.17) is 22.1 Å². The van der Waals surface area contributed by atoms with Crippen LogP contribution in [0.25, 0.3) is 0 Å². The molecule has 0 saturated carbocycles. The molecule has 1 aromatic heterocycles. The molecule has 0 saturated heterocycles. The van der Waals surface area contributed by atoms with Crippen LogP contribution < -0.4 is 10.5 Å². The number of alkyl halides is 1. The highest BCUT2D eigenvalue weighted by atomic mass is 35.5. The zero-order valence-electron chi connectivity index (χ0n) is 10.3. The molecule has 0 amide bonds. The maximum absolute atomic E-state index is 5.63. The van der Waals surface area contributed by atoms with Gasteiger partial charge in [0.2, 0.25) is 0 Å². The Labute approximate surface area is 113 Å². The second kappa shape index (κ2) is 8.50. The topological polar surface area (TPSA) is 48.1 Å². The van der Waals surface area contributed by atoms with Crippen molar-refractivity contribution in [2.75, 3.05) is 7.11 Å². The van der Waals surface area contributed by atoms with Crippen molar-refractivity contribution in [1.82, 2.24) is 4.98 Å². The van der Waals surface area contributed by atoms with Crippen LogP contribution >= 0.6 is 11.6 Å². The fourth-order valence-electron chi connectivity index (χ4n) is 1.33. The largest absolute Gasteiger partial charge is 0.496 e. The van der Waals surface area contributed by atoms with Crippen LogP contribution in [-0.4, -0.2) is 12.1 Å². The summed E-state index contributed by atoms with van der Waals surface area (Å²) in [7, 11) is 1.64. The number of benzene rings is 1. The lowest BCUT2D eigenvalue weighted by atomic mass is 10.2. The minimum atomic E-state index is 0.504. The van der Waals surface area contributed by atoms with E-state index < -0.39 is 0 Å². The molecule has 2 aromatic rings. The predicted molar refractivity (Wildman–Crippen MR) is 74.7 cm³/mol. The third-order valence-electron chi connectivity index (χ3n) is 2.27. The monoisotopic (exact) mass is 264 g/mol. The molecule has 0 radical (unpaired) electrons. The summed E-state index contributed by atoms with van der Waals surface area (Å²) in [6, 6.07) is 13.4. The summed E-state index contributed by atoms with van der Waals surface area (Å²) in [4.78, 5) is 3.97. The molecule has 0 atom stereocenters. The molecule has 0 aliphatic rings. The van der Waals surface area contributed by atoms with Crippen molar-refractivity contribution in [2.45, 2.75) is 12.4 Å². The normalized spacial score (nSPS) is 9.28. The number of hydrogen-bond acceptors (Lipinski definition) is 3. The Bertz CT molecular complexity index is 426. The van der Waals surface area contributed by atoms with Crippen molar-refractivity contribution in [3.63, 3.8) is 0 Å². The van der Waals surface area contributed by atoms with Crippen LogP contribution in [0.5, 0.6) is 5.75 Å². The number of aromatic nitrogens is 1. The average molecular weight is 265 g/mol. The van der Waals surface area contributed by atoms with Gasteiger partial charge in [0.25, 0.3) is 0 Å². The number of nitrogens with two attached hydrogens (primary N) is 1. The third-order valence-corrected chi connectivity index (χ3v) is 2.56. The van der Waals surface area contributed by atoms with Gasteiger partial charge >= 0.3 is 0 Å². The third kappa shape index (κ3) is 4.73. The van der Waals surface area contributed by atoms with Crippen LogP contribution in [0.1, 0.15) is 11.3 Å². The number of halogens is 1. The van der Waals surface area contributed by atoms with Crippen molar-refractivity contribution < 1.29 is 4.74 Å². The Hall–Kier alpha value is -1.58. The number of para-hydroxylation sites is 1. The average Bonchev–Trinajstić information content (AvgIpc) is 2.48. The summed E-state index contributed by atoms with van der Waals surface area (Å²) in [5.41, 5.74) is 7.26. The zero-order valence-corrected chi connectivity index (χ0v) is 11.1. The van der Waals surface area contributed by atoms with Crippen LogP contribution in [0.2, 0.25) is 0 Å². The first kappa shape index (κ1) is 14.5. The first-order valence-electron chi connectivity index (χ1n) is 5.59. The standard InChI is InChI=1S/C8H9ClO.C6H8N2/c1-10-8-5-3-2-4-7(8)6-9;7-5-6-3-1-2-4-8-6/h2-5H,6H2,1H3;1-4H,5,7H2. The maximum atomic E-state index is 5.63. The van der Waals surface area contributed by atoms with E-state index in [9.17, 15) is 0 Å². The Morgan fingerprint density at radius 3 is 2.33 bits per heavy atom. The molecule has 0 aliphatic carbocycles. The SMILES string of the molecule is COc1ccccc1CCl.NCc1ccccn1. The number of rotatable bonds is 3. The Kier molecular flexibility index (Phi) is 6.84. The quantitative estimate of drug-likeness (QED) is 0.867. The first-order chi connectivity index (χ1) is 8.81. The second-order valence-electron chi connectivity index (χ2n) is 3.47. The van der Waals surface area contributed by atoms with Crippen molar-refractivity contribution in [3.8, 4) is 5.75 Å². The molecular formula is C14H17ClN2O. The molecule has 18 heavy (non-hydrogen) atoms. The van der Waals surface area contributed by atoms with Crippen molar-refractivity contribution in [3.05, 3.63) is 59.9 Å². The fourth-order valence-corrected chi connectivity index (χ4v) is 1.55. The lowest BCUT2D eigenvalue weighted by Gasteiger charge is -2.02. The second-order valence-corrected chi connectivity index (χ2v) is 3.74. The molecule has 0 aliphatic heterocycles. The van der Waals surface area contributed by atoms with Gasteiger partial charge in [-0.15, -0.1) is 11.6 Å². The highest BCUT2D eigenvalue weighted by Crippen LogP contribution is 2.18. The Morgan fingerprint density at radius 1 is 1.17 bits per heavy atom. The molecule has 0 unspecified atom stereocenters. The van der Waals surface area contributed by atoms with E-state index in [0.717, 1.165) is 17.0 Å². The smallest absolute Gasteiger partial charge is 0.123 e. The van der Waals surface area contributed by atoms with Crippen LogP contribution in [0.15, 0.2) is 48.7 Å². The van der Waals surface area contributed by atoms with E-state index in [-0.39, 0.29) is 0 Å². The molecule has 1 aromatic carbocycles. The van der Waals surface area contributed by atoms with Crippen LogP contribution in [0.3, 0.4) is 0 Å². The first-order valence-corrected chi connectivity index (χ1v) is 6.13. The van der Waals surface area contributed by atoms with Gasteiger partial charge in [0.15, 0.2) is 0 Å². The number of hydrogen-bond donors (Lipinski definition) is 1. The van der Waals surface area contributed by atoms with Crippen molar-refractivity contribution >= 4 is 11.6 Å². The number of pyridine rings is 1. The van der Waals surface area contributed by atoms with Gasteiger partial charge in [-0.2, -0.15) is 0 Å². The summed E-state index contributed by atoms with van der Waals surface area (Å²) in [5.74, 6) is 1.36. The predicted octanol–water partition coefficient (Wildman–Crippen LogP) is 2.97. The number of nitrogens with zero attached hydrogens (tertiary/aromatic N) is 1. The summed E-state index contributed by atoms with van der Waals surface area (Å²) >= 11 is 5.63. The molecule has 0 bridgehead atoms. The molecular weight excluding hydrogens is 248 g/mol. The van der Waals surface area contributed by atoms with E-state index in [0.29, 0.717) is 12.4 Å². The molecule has 1 heterocycles. The lowest BCUT2D eigenvalue weighted by Crippen LogP contribution is -1.97. The van der Waals surface area contributed by atoms with E-state index in [1.54, 1.807) is 13.3 Å². The number of methoxy groups -OCH3 is 1. The van der Waals surface area contributed by atoms with E-state index in [1.807, 2.05) is 42.5 Å². The summed E-state index contributed by atoms with van der Waals surface area (Å²) in [6.07, 6.45) is 1.74. The highest BCUT2D eigenvalue weighted by Gasteiger charge is 1.96. The minimum absolute atomic E-state index is 0.504. The van der Waals surface area contributed by atoms with Gasteiger partial charge in [-0.1, -0.05) is 24.3 Å². The van der Waals surface area contributed by atoms with E-state index >= 15 is 0 Å². The van der Waals surface area contributed by atoms with E-state index in [1.165, 1.54) is 0 Å². The lowest BCUT2D eigenvalue weighted by molar-refractivity contribution is 0.411.